The molecule has 0 spiro atoms. The van der Waals surface area contributed by atoms with E-state index in [0.717, 1.165) is 23.7 Å². The summed E-state index contributed by atoms with van der Waals surface area (Å²) in [4.78, 5) is 25.3. The van der Waals surface area contributed by atoms with Crippen LogP contribution in [0, 0.1) is 5.92 Å². The van der Waals surface area contributed by atoms with Crippen molar-refractivity contribution in [3.63, 3.8) is 0 Å². The van der Waals surface area contributed by atoms with Crippen LogP contribution in [0.2, 0.25) is 0 Å². The standard InChI is InChI=1S/C25H30N2O5/c1-2-31-21-9-5-19(6-10-21)17-23(25(30)26-14-15-28)27-24(29)20-7-11-22(12-8-20)32-16-13-18-3-4-18/h5-12,17-18,28H,2-4,13-16H2,1H3,(H,26,30)(H,27,29). The number of amides is 2. The topological polar surface area (TPSA) is 96.9 Å². The van der Waals surface area contributed by atoms with Crippen molar-refractivity contribution in [2.24, 2.45) is 5.92 Å². The average Bonchev–Trinajstić information content (AvgIpc) is 3.63. The van der Waals surface area contributed by atoms with E-state index in [4.69, 9.17) is 14.6 Å². The number of carbonyl (C=O) groups is 2. The summed E-state index contributed by atoms with van der Waals surface area (Å²) in [7, 11) is 0. The van der Waals surface area contributed by atoms with Gasteiger partial charge in [-0.2, -0.15) is 0 Å². The number of nitrogens with one attached hydrogen (secondary N) is 2. The molecule has 2 aromatic rings. The zero-order valence-corrected chi connectivity index (χ0v) is 18.3. The van der Waals surface area contributed by atoms with Crippen molar-refractivity contribution in [3.8, 4) is 11.5 Å². The zero-order valence-electron chi connectivity index (χ0n) is 18.3. The third-order valence-corrected chi connectivity index (χ3v) is 5.00. The first-order valence-corrected chi connectivity index (χ1v) is 11.0. The van der Waals surface area contributed by atoms with Gasteiger partial charge in [0.2, 0.25) is 0 Å². The maximum absolute atomic E-state index is 12.7. The largest absolute Gasteiger partial charge is 0.494 e. The molecule has 0 aromatic heterocycles. The van der Waals surface area contributed by atoms with Crippen LogP contribution in [-0.2, 0) is 4.79 Å². The number of hydrogen-bond acceptors (Lipinski definition) is 5. The summed E-state index contributed by atoms with van der Waals surface area (Å²) in [5.74, 6) is 1.34. The molecule has 3 rings (SSSR count). The lowest BCUT2D eigenvalue weighted by atomic mass is 10.1. The summed E-state index contributed by atoms with van der Waals surface area (Å²) in [6, 6.07) is 14.0. The van der Waals surface area contributed by atoms with Crippen molar-refractivity contribution >= 4 is 17.9 Å². The van der Waals surface area contributed by atoms with Crippen molar-refractivity contribution in [1.82, 2.24) is 10.6 Å². The smallest absolute Gasteiger partial charge is 0.267 e. The molecule has 0 saturated heterocycles. The van der Waals surface area contributed by atoms with Gasteiger partial charge in [-0.05, 0) is 67.3 Å². The molecule has 0 unspecified atom stereocenters. The quantitative estimate of drug-likeness (QED) is 0.443. The lowest BCUT2D eigenvalue weighted by Crippen LogP contribution is -2.36. The molecule has 7 heteroatoms. The van der Waals surface area contributed by atoms with Crippen molar-refractivity contribution < 1.29 is 24.2 Å². The van der Waals surface area contributed by atoms with E-state index >= 15 is 0 Å². The fraction of sp³-hybridized carbons (Fsp3) is 0.360. The fourth-order valence-electron chi connectivity index (χ4n) is 3.06. The minimum absolute atomic E-state index is 0.0809. The van der Waals surface area contributed by atoms with Crippen LogP contribution in [-0.4, -0.2) is 43.3 Å². The van der Waals surface area contributed by atoms with Gasteiger partial charge in [0.1, 0.15) is 17.2 Å². The summed E-state index contributed by atoms with van der Waals surface area (Å²) in [6.45, 7) is 3.03. The first-order valence-electron chi connectivity index (χ1n) is 11.0. The van der Waals surface area contributed by atoms with Gasteiger partial charge in [0.05, 0.1) is 19.8 Å². The number of carbonyl (C=O) groups excluding carboxylic acids is 2. The van der Waals surface area contributed by atoms with Crippen LogP contribution in [0.3, 0.4) is 0 Å². The van der Waals surface area contributed by atoms with Crippen molar-refractivity contribution in [1.29, 1.82) is 0 Å². The van der Waals surface area contributed by atoms with Gasteiger partial charge in [-0.15, -0.1) is 0 Å². The predicted octanol–water partition coefficient (Wildman–Crippen LogP) is 3.14. The maximum atomic E-state index is 12.7. The van der Waals surface area contributed by atoms with Crippen LogP contribution in [0.15, 0.2) is 54.2 Å². The Morgan fingerprint density at radius 3 is 2.31 bits per heavy atom. The van der Waals surface area contributed by atoms with Crippen LogP contribution in [0.5, 0.6) is 11.5 Å². The first-order chi connectivity index (χ1) is 15.6. The second-order valence-corrected chi connectivity index (χ2v) is 7.60. The Labute approximate surface area is 188 Å². The molecule has 1 fully saturated rings. The lowest BCUT2D eigenvalue weighted by molar-refractivity contribution is -0.117. The minimum Gasteiger partial charge on any atom is -0.494 e. The Bertz CT molecular complexity index is 918. The Hall–Kier alpha value is -3.32. The first kappa shape index (κ1) is 23.3. The van der Waals surface area contributed by atoms with E-state index in [9.17, 15) is 9.59 Å². The van der Waals surface area contributed by atoms with E-state index in [1.165, 1.54) is 12.8 Å². The second kappa shape index (κ2) is 11.9. The van der Waals surface area contributed by atoms with E-state index in [1.54, 1.807) is 54.6 Å². The van der Waals surface area contributed by atoms with E-state index in [0.29, 0.717) is 24.5 Å². The van der Waals surface area contributed by atoms with Gasteiger partial charge in [-0.25, -0.2) is 0 Å². The Balaban J connectivity index is 1.67. The monoisotopic (exact) mass is 438 g/mol. The van der Waals surface area contributed by atoms with Crippen LogP contribution < -0.4 is 20.1 Å². The number of hydrogen-bond donors (Lipinski definition) is 3. The maximum Gasteiger partial charge on any atom is 0.267 e. The molecule has 3 N–H and O–H groups in total. The van der Waals surface area contributed by atoms with Crippen LogP contribution in [0.1, 0.15) is 42.1 Å². The number of aliphatic hydroxyl groups is 1. The van der Waals surface area contributed by atoms with Crippen LogP contribution in [0.25, 0.3) is 6.08 Å². The average molecular weight is 439 g/mol. The molecule has 0 bridgehead atoms. The molecule has 170 valence electrons. The Morgan fingerprint density at radius 2 is 1.69 bits per heavy atom. The zero-order chi connectivity index (χ0) is 22.8. The van der Waals surface area contributed by atoms with Crippen molar-refractivity contribution in [2.45, 2.75) is 26.2 Å². The molecule has 1 aliphatic rings. The minimum atomic E-state index is -0.485. The second-order valence-electron chi connectivity index (χ2n) is 7.60. The Kier molecular flexibility index (Phi) is 8.69. The third kappa shape index (κ3) is 7.42. The number of benzene rings is 2. The molecule has 2 aromatic carbocycles. The Morgan fingerprint density at radius 1 is 1.03 bits per heavy atom. The highest BCUT2D eigenvalue weighted by atomic mass is 16.5. The van der Waals surface area contributed by atoms with Gasteiger partial charge in [0.15, 0.2) is 0 Å². The molecule has 1 saturated carbocycles. The molecule has 2 amide bonds. The van der Waals surface area contributed by atoms with E-state index in [-0.39, 0.29) is 18.8 Å². The third-order valence-electron chi connectivity index (χ3n) is 5.00. The van der Waals surface area contributed by atoms with Crippen LogP contribution in [0.4, 0.5) is 0 Å². The summed E-state index contributed by atoms with van der Waals surface area (Å²) >= 11 is 0. The molecule has 0 radical (unpaired) electrons. The van der Waals surface area contributed by atoms with Gasteiger partial charge in [-0.1, -0.05) is 25.0 Å². The highest BCUT2D eigenvalue weighted by Gasteiger charge is 2.20. The molecule has 0 aliphatic heterocycles. The van der Waals surface area contributed by atoms with E-state index < -0.39 is 11.8 Å². The summed E-state index contributed by atoms with van der Waals surface area (Å²) < 4.78 is 11.1. The molecule has 32 heavy (non-hydrogen) atoms. The van der Waals surface area contributed by atoms with Crippen molar-refractivity contribution in [2.75, 3.05) is 26.4 Å². The molecule has 1 aliphatic carbocycles. The van der Waals surface area contributed by atoms with E-state index in [1.807, 2.05) is 6.92 Å². The highest BCUT2D eigenvalue weighted by Crippen LogP contribution is 2.32. The lowest BCUT2D eigenvalue weighted by Gasteiger charge is -2.11. The van der Waals surface area contributed by atoms with Gasteiger partial charge >= 0.3 is 0 Å². The predicted molar refractivity (Wildman–Crippen MR) is 122 cm³/mol. The summed E-state index contributed by atoms with van der Waals surface area (Å²) in [6.07, 6.45) is 5.22. The van der Waals surface area contributed by atoms with Crippen LogP contribution >= 0.6 is 0 Å². The molecule has 0 heterocycles. The normalized spacial score (nSPS) is 13.4. The van der Waals surface area contributed by atoms with Gasteiger partial charge in [-0.3, -0.25) is 9.59 Å². The SMILES string of the molecule is CCOc1ccc(C=C(NC(=O)c2ccc(OCCC3CC3)cc2)C(=O)NCCO)cc1. The molecule has 7 nitrogen and oxygen atoms in total. The van der Waals surface area contributed by atoms with Crippen molar-refractivity contribution in [3.05, 3.63) is 65.4 Å². The van der Waals surface area contributed by atoms with E-state index in [2.05, 4.69) is 10.6 Å². The van der Waals surface area contributed by atoms with Gasteiger partial charge in [0, 0.05) is 12.1 Å². The summed E-state index contributed by atoms with van der Waals surface area (Å²) in [5.41, 5.74) is 1.21. The summed E-state index contributed by atoms with van der Waals surface area (Å²) in [5, 5.41) is 14.2. The molecular formula is C25H30N2O5. The highest BCUT2D eigenvalue weighted by molar-refractivity contribution is 6.05. The fourth-order valence-corrected chi connectivity index (χ4v) is 3.06. The number of ether oxygens (including phenoxy) is 2. The number of aliphatic hydroxyl groups excluding tert-OH is 1. The number of rotatable bonds is 12. The molecule has 0 atom stereocenters. The van der Waals surface area contributed by atoms with Gasteiger partial charge < -0.3 is 25.2 Å². The molecular weight excluding hydrogens is 408 g/mol. The van der Waals surface area contributed by atoms with Gasteiger partial charge in [0.25, 0.3) is 11.8 Å².